The molecule has 0 aliphatic carbocycles. The molecule has 0 spiro atoms. The van der Waals surface area contributed by atoms with Gasteiger partial charge in [0.2, 0.25) is 0 Å². The SMILES string of the molecule is CCOC(=O)c1ccc(C#N)c(OC(F)(F)F)c1Cl. The molecule has 0 atom stereocenters. The number of ether oxygens (including phenoxy) is 2. The highest BCUT2D eigenvalue weighted by molar-refractivity contribution is 6.35. The Hall–Kier alpha value is -1.94. The minimum atomic E-state index is -5.03. The molecule has 1 aromatic rings. The lowest BCUT2D eigenvalue weighted by Gasteiger charge is -2.13. The number of rotatable bonds is 3. The first kappa shape index (κ1) is 15.1. The Morgan fingerprint density at radius 3 is 2.58 bits per heavy atom. The number of carbonyl (C=O) groups is 1. The molecule has 0 heterocycles. The summed E-state index contributed by atoms with van der Waals surface area (Å²) in [5, 5.41) is 8.08. The van der Waals surface area contributed by atoms with Crippen LogP contribution in [-0.4, -0.2) is 18.9 Å². The number of hydrogen-bond acceptors (Lipinski definition) is 4. The summed E-state index contributed by atoms with van der Waals surface area (Å²) in [7, 11) is 0. The number of benzene rings is 1. The zero-order valence-electron chi connectivity index (χ0n) is 9.55. The lowest BCUT2D eigenvalue weighted by Crippen LogP contribution is -2.19. The summed E-state index contributed by atoms with van der Waals surface area (Å²) in [6.45, 7) is 1.56. The van der Waals surface area contributed by atoms with E-state index in [1.54, 1.807) is 0 Å². The van der Waals surface area contributed by atoms with Crippen LogP contribution in [0.4, 0.5) is 13.2 Å². The van der Waals surface area contributed by atoms with E-state index in [1.165, 1.54) is 13.0 Å². The van der Waals surface area contributed by atoms with Crippen LogP contribution in [0.5, 0.6) is 5.75 Å². The highest BCUT2D eigenvalue weighted by Crippen LogP contribution is 2.36. The summed E-state index contributed by atoms with van der Waals surface area (Å²) < 4.78 is 44.9. The molecule has 0 saturated carbocycles. The van der Waals surface area contributed by atoms with E-state index in [0.717, 1.165) is 12.1 Å². The second kappa shape index (κ2) is 5.80. The third-order valence-corrected chi connectivity index (χ3v) is 2.31. The lowest BCUT2D eigenvalue weighted by molar-refractivity contribution is -0.274. The lowest BCUT2D eigenvalue weighted by atomic mass is 10.1. The van der Waals surface area contributed by atoms with Crippen LogP contribution in [0.25, 0.3) is 0 Å². The first-order chi connectivity index (χ1) is 8.80. The fourth-order valence-corrected chi connectivity index (χ4v) is 1.51. The molecule has 1 rings (SSSR count). The summed E-state index contributed by atoms with van der Waals surface area (Å²) in [6.07, 6.45) is -5.03. The van der Waals surface area contributed by atoms with Crippen LogP contribution >= 0.6 is 11.6 Å². The summed E-state index contributed by atoms with van der Waals surface area (Å²) >= 11 is 5.65. The molecule has 8 heteroatoms. The highest BCUT2D eigenvalue weighted by Gasteiger charge is 2.34. The van der Waals surface area contributed by atoms with E-state index < -0.39 is 28.7 Å². The third-order valence-electron chi connectivity index (χ3n) is 1.93. The predicted molar refractivity (Wildman–Crippen MR) is 58.8 cm³/mol. The standard InChI is InChI=1S/C11H7ClF3NO3/c1-2-18-10(17)7-4-3-6(5-16)9(8(7)12)19-11(13,14)15/h3-4H,2H2,1H3. The zero-order valence-corrected chi connectivity index (χ0v) is 10.3. The molecule has 0 aliphatic rings. The average molecular weight is 294 g/mol. The van der Waals surface area contributed by atoms with Gasteiger partial charge in [0.1, 0.15) is 6.07 Å². The Bertz CT molecular complexity index is 537. The van der Waals surface area contributed by atoms with Crippen LogP contribution in [0.1, 0.15) is 22.8 Å². The van der Waals surface area contributed by atoms with Gasteiger partial charge < -0.3 is 9.47 Å². The minimum Gasteiger partial charge on any atom is -0.462 e. The van der Waals surface area contributed by atoms with Crippen molar-refractivity contribution in [3.8, 4) is 11.8 Å². The second-order valence-corrected chi connectivity index (χ2v) is 3.56. The first-order valence-electron chi connectivity index (χ1n) is 4.95. The van der Waals surface area contributed by atoms with Gasteiger partial charge in [-0.15, -0.1) is 13.2 Å². The maximum atomic E-state index is 12.2. The molecule has 0 aliphatic heterocycles. The number of alkyl halides is 3. The van der Waals surface area contributed by atoms with Crippen molar-refractivity contribution < 1.29 is 27.4 Å². The maximum Gasteiger partial charge on any atom is 0.573 e. The molecule has 102 valence electrons. The van der Waals surface area contributed by atoms with Gasteiger partial charge >= 0.3 is 12.3 Å². The van der Waals surface area contributed by atoms with E-state index in [1.807, 2.05) is 0 Å². The number of esters is 1. The van der Waals surface area contributed by atoms with Gasteiger partial charge in [-0.2, -0.15) is 5.26 Å². The molecule has 0 unspecified atom stereocenters. The Balaban J connectivity index is 3.31. The monoisotopic (exact) mass is 293 g/mol. The zero-order chi connectivity index (χ0) is 14.6. The van der Waals surface area contributed by atoms with E-state index in [0.29, 0.717) is 0 Å². The van der Waals surface area contributed by atoms with Crippen molar-refractivity contribution in [2.45, 2.75) is 13.3 Å². The molecule has 0 fully saturated rings. The van der Waals surface area contributed by atoms with Crippen molar-refractivity contribution in [1.82, 2.24) is 0 Å². The molecular weight excluding hydrogens is 287 g/mol. The molecular formula is C11H7ClF3NO3. The highest BCUT2D eigenvalue weighted by atomic mass is 35.5. The average Bonchev–Trinajstić information content (AvgIpc) is 2.30. The van der Waals surface area contributed by atoms with E-state index in [4.69, 9.17) is 16.9 Å². The van der Waals surface area contributed by atoms with Crippen LogP contribution in [0, 0.1) is 11.3 Å². The topological polar surface area (TPSA) is 59.3 Å². The van der Waals surface area contributed by atoms with Crippen molar-refractivity contribution in [2.24, 2.45) is 0 Å². The van der Waals surface area contributed by atoms with Crippen LogP contribution in [-0.2, 0) is 4.74 Å². The quantitative estimate of drug-likeness (QED) is 0.802. The Kier molecular flexibility index (Phi) is 4.62. The molecule has 19 heavy (non-hydrogen) atoms. The predicted octanol–water partition coefficient (Wildman–Crippen LogP) is 3.29. The molecule has 0 N–H and O–H groups in total. The number of nitrogens with zero attached hydrogens (tertiary/aromatic N) is 1. The van der Waals surface area contributed by atoms with E-state index in [2.05, 4.69) is 9.47 Å². The van der Waals surface area contributed by atoms with Gasteiger partial charge in [0.15, 0.2) is 5.75 Å². The van der Waals surface area contributed by atoms with Gasteiger partial charge in [0.25, 0.3) is 0 Å². The summed E-state index contributed by atoms with van der Waals surface area (Å²) in [5.74, 6) is -1.81. The summed E-state index contributed by atoms with van der Waals surface area (Å²) in [6, 6.07) is 3.59. The Morgan fingerprint density at radius 2 is 2.11 bits per heavy atom. The van der Waals surface area contributed by atoms with Crippen molar-refractivity contribution in [1.29, 1.82) is 5.26 Å². The second-order valence-electron chi connectivity index (χ2n) is 3.18. The van der Waals surface area contributed by atoms with Crippen molar-refractivity contribution in [2.75, 3.05) is 6.61 Å². The molecule has 0 amide bonds. The molecule has 0 aromatic heterocycles. The molecule has 0 bridgehead atoms. The van der Waals surface area contributed by atoms with Crippen molar-refractivity contribution >= 4 is 17.6 Å². The fraction of sp³-hybridized carbons (Fsp3) is 0.273. The van der Waals surface area contributed by atoms with Gasteiger partial charge in [0, 0.05) is 0 Å². The number of halogens is 4. The van der Waals surface area contributed by atoms with Crippen LogP contribution < -0.4 is 4.74 Å². The Labute approximate surface area is 111 Å². The van der Waals surface area contributed by atoms with Gasteiger partial charge in [-0.25, -0.2) is 4.79 Å². The smallest absolute Gasteiger partial charge is 0.462 e. The van der Waals surface area contributed by atoms with Gasteiger partial charge in [-0.05, 0) is 19.1 Å². The van der Waals surface area contributed by atoms with Crippen LogP contribution in [0.15, 0.2) is 12.1 Å². The van der Waals surface area contributed by atoms with Crippen LogP contribution in [0.2, 0.25) is 5.02 Å². The summed E-state index contributed by atoms with van der Waals surface area (Å²) in [5.41, 5.74) is -0.739. The number of hydrogen-bond donors (Lipinski definition) is 0. The maximum absolute atomic E-state index is 12.2. The van der Waals surface area contributed by atoms with Gasteiger partial charge in [-0.3, -0.25) is 0 Å². The van der Waals surface area contributed by atoms with Gasteiger partial charge in [0.05, 0.1) is 22.8 Å². The fourth-order valence-electron chi connectivity index (χ4n) is 1.23. The Morgan fingerprint density at radius 1 is 1.47 bits per heavy atom. The number of carbonyl (C=O) groups excluding carboxylic acids is 1. The van der Waals surface area contributed by atoms with E-state index >= 15 is 0 Å². The third kappa shape index (κ3) is 3.76. The minimum absolute atomic E-state index is 0.0324. The van der Waals surface area contributed by atoms with Crippen LogP contribution in [0.3, 0.4) is 0 Å². The molecule has 4 nitrogen and oxygen atoms in total. The largest absolute Gasteiger partial charge is 0.573 e. The molecule has 0 radical (unpaired) electrons. The van der Waals surface area contributed by atoms with Crippen molar-refractivity contribution in [3.63, 3.8) is 0 Å². The molecule has 0 saturated heterocycles. The molecule has 1 aromatic carbocycles. The van der Waals surface area contributed by atoms with E-state index in [-0.39, 0.29) is 12.2 Å². The van der Waals surface area contributed by atoms with Gasteiger partial charge in [-0.1, -0.05) is 11.6 Å². The first-order valence-corrected chi connectivity index (χ1v) is 5.33. The van der Waals surface area contributed by atoms with Crippen molar-refractivity contribution in [3.05, 3.63) is 28.3 Å². The van der Waals surface area contributed by atoms with E-state index in [9.17, 15) is 18.0 Å². The normalized spacial score (nSPS) is 10.7. The number of nitriles is 1. The summed E-state index contributed by atoms with van der Waals surface area (Å²) in [4.78, 5) is 11.5.